The number of hydrazone groups is 1. The maximum absolute atomic E-state index is 11.8. The first-order chi connectivity index (χ1) is 12.0. The van der Waals surface area contributed by atoms with Crippen molar-refractivity contribution in [1.29, 1.82) is 0 Å². The Balaban J connectivity index is 1.53. The predicted octanol–water partition coefficient (Wildman–Crippen LogP) is 3.32. The lowest BCUT2D eigenvalue weighted by Gasteiger charge is -2.07. The Bertz CT molecular complexity index is 836. The van der Waals surface area contributed by atoms with Gasteiger partial charge in [0.25, 0.3) is 5.91 Å². The number of ether oxygens (including phenoxy) is 3. The summed E-state index contributed by atoms with van der Waals surface area (Å²) in [5, 5.41) is 3.93. The molecule has 0 unspecified atom stereocenters. The molecule has 0 fully saturated rings. The summed E-state index contributed by atoms with van der Waals surface area (Å²) in [6.07, 6.45) is 1.53. The van der Waals surface area contributed by atoms with Gasteiger partial charge in [0, 0.05) is 0 Å². The van der Waals surface area contributed by atoms with Gasteiger partial charge in [0.2, 0.25) is 6.79 Å². The van der Waals surface area contributed by atoms with Crippen LogP contribution in [0.2, 0.25) is 0 Å². The number of fused-ring (bicyclic) bond motifs is 1. The second-order valence-electron chi connectivity index (χ2n) is 5.56. The molecule has 1 amide bonds. The Labute approximate surface area is 153 Å². The summed E-state index contributed by atoms with van der Waals surface area (Å²) in [5.74, 6) is 1.62. The van der Waals surface area contributed by atoms with Crippen molar-refractivity contribution in [3.63, 3.8) is 0 Å². The molecule has 1 aliphatic heterocycles. The lowest BCUT2D eigenvalue weighted by molar-refractivity contribution is -0.123. The fraction of sp³-hybridized carbons (Fsp3) is 0.222. The number of rotatable bonds is 5. The maximum atomic E-state index is 11.8. The summed E-state index contributed by atoms with van der Waals surface area (Å²) in [6, 6.07) is 9.31. The van der Waals surface area contributed by atoms with Crippen molar-refractivity contribution in [2.75, 3.05) is 13.4 Å². The molecule has 2 aromatic carbocycles. The van der Waals surface area contributed by atoms with Gasteiger partial charge in [-0.15, -0.1) is 0 Å². The van der Waals surface area contributed by atoms with Gasteiger partial charge < -0.3 is 14.2 Å². The van der Waals surface area contributed by atoms with Crippen LogP contribution in [0.3, 0.4) is 0 Å². The van der Waals surface area contributed by atoms with Crippen LogP contribution < -0.4 is 19.6 Å². The second-order valence-corrected chi connectivity index (χ2v) is 6.42. The summed E-state index contributed by atoms with van der Waals surface area (Å²) >= 11 is 3.41. The van der Waals surface area contributed by atoms with Gasteiger partial charge in [0.1, 0.15) is 5.75 Å². The molecule has 2 aromatic rings. The van der Waals surface area contributed by atoms with E-state index >= 15 is 0 Å². The standard InChI is InChI=1S/C18H17BrN2O4/c1-11-3-4-14(5-12(11)2)23-9-17(22)21-20-8-13-6-15(19)18-16(7-13)24-10-25-18/h3-8H,9-10H2,1-2H3,(H,21,22)/b20-8-. The predicted molar refractivity (Wildman–Crippen MR) is 97.4 cm³/mol. The molecule has 1 N–H and O–H groups in total. The molecule has 1 heterocycles. The normalized spacial score (nSPS) is 12.4. The molecule has 3 rings (SSSR count). The van der Waals surface area contributed by atoms with Crippen molar-refractivity contribution in [1.82, 2.24) is 5.43 Å². The number of nitrogens with zero attached hydrogens (tertiary/aromatic N) is 1. The van der Waals surface area contributed by atoms with Crippen molar-refractivity contribution in [3.8, 4) is 17.2 Å². The molecule has 0 aromatic heterocycles. The topological polar surface area (TPSA) is 69.2 Å². The minimum atomic E-state index is -0.339. The third kappa shape index (κ3) is 4.30. The Morgan fingerprint density at radius 2 is 2.12 bits per heavy atom. The minimum Gasteiger partial charge on any atom is -0.484 e. The zero-order valence-electron chi connectivity index (χ0n) is 13.8. The van der Waals surface area contributed by atoms with Crippen LogP contribution in [0.25, 0.3) is 0 Å². The summed E-state index contributed by atoms with van der Waals surface area (Å²) < 4.78 is 16.9. The molecule has 130 valence electrons. The summed E-state index contributed by atoms with van der Waals surface area (Å²) in [6.45, 7) is 4.11. The zero-order chi connectivity index (χ0) is 17.8. The molecule has 0 saturated carbocycles. The van der Waals surface area contributed by atoms with Gasteiger partial charge >= 0.3 is 0 Å². The summed E-state index contributed by atoms with van der Waals surface area (Å²) in [7, 11) is 0. The quantitative estimate of drug-likeness (QED) is 0.612. The molecule has 0 saturated heterocycles. The fourth-order valence-corrected chi connectivity index (χ4v) is 2.80. The highest BCUT2D eigenvalue weighted by Gasteiger charge is 2.17. The van der Waals surface area contributed by atoms with Crippen LogP contribution in [0, 0.1) is 13.8 Å². The average molecular weight is 405 g/mol. The first-order valence-corrected chi connectivity index (χ1v) is 8.43. The molecule has 0 spiro atoms. The van der Waals surface area contributed by atoms with Gasteiger partial charge in [-0.25, -0.2) is 5.43 Å². The van der Waals surface area contributed by atoms with Crippen LogP contribution in [0.15, 0.2) is 39.9 Å². The van der Waals surface area contributed by atoms with Crippen molar-refractivity contribution in [2.45, 2.75) is 13.8 Å². The Morgan fingerprint density at radius 3 is 2.92 bits per heavy atom. The number of hydrogen-bond donors (Lipinski definition) is 1. The first-order valence-electron chi connectivity index (χ1n) is 7.64. The molecule has 6 nitrogen and oxygen atoms in total. The second kappa shape index (κ2) is 7.57. The van der Waals surface area contributed by atoms with Crippen LogP contribution in [-0.4, -0.2) is 25.5 Å². The molecule has 1 aliphatic rings. The maximum Gasteiger partial charge on any atom is 0.277 e. The SMILES string of the molecule is Cc1ccc(OCC(=O)N/N=C\c2cc(Br)c3c(c2)OCO3)cc1C. The lowest BCUT2D eigenvalue weighted by Crippen LogP contribution is -2.24. The minimum absolute atomic E-state index is 0.106. The highest BCUT2D eigenvalue weighted by molar-refractivity contribution is 9.10. The number of halogens is 1. The van der Waals surface area contributed by atoms with Crippen molar-refractivity contribution >= 4 is 28.1 Å². The molecule has 7 heteroatoms. The molecule has 0 radical (unpaired) electrons. The third-order valence-electron chi connectivity index (χ3n) is 3.70. The van der Waals surface area contributed by atoms with Gasteiger partial charge in [-0.1, -0.05) is 6.07 Å². The number of nitrogens with one attached hydrogen (secondary N) is 1. The van der Waals surface area contributed by atoms with Gasteiger partial charge in [0.15, 0.2) is 18.1 Å². The van der Waals surface area contributed by atoms with E-state index in [2.05, 4.69) is 26.5 Å². The number of carbonyl (C=O) groups excluding carboxylic acids is 1. The monoisotopic (exact) mass is 404 g/mol. The zero-order valence-corrected chi connectivity index (χ0v) is 15.4. The highest BCUT2D eigenvalue weighted by Crippen LogP contribution is 2.39. The highest BCUT2D eigenvalue weighted by atomic mass is 79.9. The van der Waals surface area contributed by atoms with E-state index < -0.39 is 0 Å². The van der Waals surface area contributed by atoms with Crippen LogP contribution in [0.4, 0.5) is 0 Å². The summed E-state index contributed by atoms with van der Waals surface area (Å²) in [5.41, 5.74) is 5.49. The van der Waals surface area contributed by atoms with E-state index in [9.17, 15) is 4.79 Å². The van der Waals surface area contributed by atoms with E-state index in [1.165, 1.54) is 11.8 Å². The molecule has 0 aliphatic carbocycles. The Kier molecular flexibility index (Phi) is 5.23. The molecule has 25 heavy (non-hydrogen) atoms. The van der Waals surface area contributed by atoms with E-state index in [4.69, 9.17) is 14.2 Å². The third-order valence-corrected chi connectivity index (χ3v) is 4.29. The lowest BCUT2D eigenvalue weighted by atomic mass is 10.1. The Morgan fingerprint density at radius 1 is 1.28 bits per heavy atom. The Hall–Kier alpha value is -2.54. The van der Waals surface area contributed by atoms with Crippen LogP contribution >= 0.6 is 15.9 Å². The average Bonchev–Trinajstić information content (AvgIpc) is 3.05. The van der Waals surface area contributed by atoms with E-state index in [0.29, 0.717) is 17.2 Å². The smallest absolute Gasteiger partial charge is 0.277 e. The van der Waals surface area contributed by atoms with Crippen LogP contribution in [-0.2, 0) is 4.79 Å². The number of carbonyl (C=O) groups is 1. The van der Waals surface area contributed by atoms with E-state index in [0.717, 1.165) is 15.6 Å². The van der Waals surface area contributed by atoms with Crippen molar-refractivity contribution in [2.24, 2.45) is 5.10 Å². The van der Waals surface area contributed by atoms with Gasteiger partial charge in [-0.3, -0.25) is 4.79 Å². The van der Waals surface area contributed by atoms with Crippen LogP contribution in [0.1, 0.15) is 16.7 Å². The van der Waals surface area contributed by atoms with E-state index in [-0.39, 0.29) is 19.3 Å². The van der Waals surface area contributed by atoms with Gasteiger partial charge in [-0.2, -0.15) is 5.10 Å². The molecular weight excluding hydrogens is 388 g/mol. The van der Waals surface area contributed by atoms with Gasteiger partial charge in [-0.05, 0) is 70.7 Å². The number of amides is 1. The summed E-state index contributed by atoms with van der Waals surface area (Å²) in [4.78, 5) is 11.8. The molecular formula is C18H17BrN2O4. The fourth-order valence-electron chi connectivity index (χ4n) is 2.23. The largest absolute Gasteiger partial charge is 0.484 e. The number of hydrogen-bond acceptors (Lipinski definition) is 5. The van der Waals surface area contributed by atoms with Crippen molar-refractivity contribution < 1.29 is 19.0 Å². The van der Waals surface area contributed by atoms with Crippen LogP contribution in [0.5, 0.6) is 17.2 Å². The molecule has 0 atom stereocenters. The number of benzene rings is 2. The van der Waals surface area contributed by atoms with Crippen molar-refractivity contribution in [3.05, 3.63) is 51.5 Å². The number of aryl methyl sites for hydroxylation is 2. The van der Waals surface area contributed by atoms with E-state index in [1.807, 2.05) is 38.1 Å². The van der Waals surface area contributed by atoms with Gasteiger partial charge in [0.05, 0.1) is 10.7 Å². The molecule has 0 bridgehead atoms. The first kappa shape index (κ1) is 17.3. The van der Waals surface area contributed by atoms with E-state index in [1.54, 1.807) is 6.07 Å².